The van der Waals surface area contributed by atoms with Gasteiger partial charge in [0.15, 0.2) is 11.6 Å². The third kappa shape index (κ3) is 3.07. The number of hydrogen-bond donors (Lipinski definition) is 1. The maximum absolute atomic E-state index is 5.70. The van der Waals surface area contributed by atoms with Gasteiger partial charge in [0.1, 0.15) is 0 Å². The molecule has 4 heteroatoms. The predicted molar refractivity (Wildman–Crippen MR) is 59.2 cm³/mol. The lowest BCUT2D eigenvalue weighted by atomic mass is 10.2. The second-order valence-corrected chi connectivity index (χ2v) is 3.50. The van der Waals surface area contributed by atoms with E-state index in [-0.39, 0.29) is 0 Å². The number of anilines is 1. The maximum Gasteiger partial charge on any atom is 0.168 e. The molecule has 1 unspecified atom stereocenters. The van der Waals surface area contributed by atoms with E-state index in [0.29, 0.717) is 11.8 Å². The van der Waals surface area contributed by atoms with Gasteiger partial charge in [-0.05, 0) is 18.1 Å². The number of ether oxygens (including phenoxy) is 1. The predicted octanol–water partition coefficient (Wildman–Crippen LogP) is 2.38. The van der Waals surface area contributed by atoms with E-state index in [1.807, 2.05) is 12.1 Å². The van der Waals surface area contributed by atoms with E-state index in [1.165, 1.54) is 0 Å². The zero-order chi connectivity index (χ0) is 10.4. The second-order valence-electron chi connectivity index (χ2n) is 3.19. The van der Waals surface area contributed by atoms with Crippen LogP contribution in [0.3, 0.4) is 0 Å². The van der Waals surface area contributed by atoms with Crippen LogP contribution >= 0.6 is 11.6 Å². The van der Waals surface area contributed by atoms with E-state index in [4.69, 9.17) is 16.3 Å². The minimum absolute atomic E-state index is 0.420. The summed E-state index contributed by atoms with van der Waals surface area (Å²) in [7, 11) is 1.63. The lowest BCUT2D eigenvalue weighted by Crippen LogP contribution is -2.13. The van der Waals surface area contributed by atoms with Crippen molar-refractivity contribution in [3.63, 3.8) is 0 Å². The summed E-state index contributed by atoms with van der Waals surface area (Å²) in [5.41, 5.74) is 0. The lowest BCUT2D eigenvalue weighted by Gasteiger charge is -2.12. The van der Waals surface area contributed by atoms with Gasteiger partial charge in [-0.3, -0.25) is 0 Å². The fraction of sp³-hybridized carbons (Fsp3) is 0.500. The minimum atomic E-state index is 0.420. The van der Waals surface area contributed by atoms with Gasteiger partial charge in [-0.25, -0.2) is 4.98 Å². The van der Waals surface area contributed by atoms with Gasteiger partial charge in [-0.15, -0.1) is 11.6 Å². The fourth-order valence-electron chi connectivity index (χ4n) is 1.01. The number of hydrogen-bond acceptors (Lipinski definition) is 3. The molecule has 1 atom stereocenters. The summed E-state index contributed by atoms with van der Waals surface area (Å²) in [5.74, 6) is 2.59. The van der Waals surface area contributed by atoms with Crippen molar-refractivity contribution in [1.82, 2.24) is 4.98 Å². The topological polar surface area (TPSA) is 34.1 Å². The summed E-state index contributed by atoms with van der Waals surface area (Å²) in [6, 6.07) is 3.72. The van der Waals surface area contributed by atoms with Gasteiger partial charge in [-0.1, -0.05) is 6.92 Å². The van der Waals surface area contributed by atoms with Crippen molar-refractivity contribution in [1.29, 1.82) is 0 Å². The Balaban J connectivity index is 2.57. The highest BCUT2D eigenvalue weighted by Gasteiger charge is 2.04. The molecule has 1 aromatic heterocycles. The van der Waals surface area contributed by atoms with Crippen LogP contribution in [-0.4, -0.2) is 24.5 Å². The van der Waals surface area contributed by atoms with E-state index in [9.17, 15) is 0 Å². The molecular weight excluding hydrogens is 200 g/mol. The SMILES string of the molecule is COc1cccnc1NCC(C)CCl. The summed E-state index contributed by atoms with van der Waals surface area (Å²) >= 11 is 5.70. The summed E-state index contributed by atoms with van der Waals surface area (Å²) < 4.78 is 5.15. The quantitative estimate of drug-likeness (QED) is 0.765. The fourth-order valence-corrected chi connectivity index (χ4v) is 1.12. The monoisotopic (exact) mass is 214 g/mol. The number of methoxy groups -OCH3 is 1. The summed E-state index contributed by atoms with van der Waals surface area (Å²) in [4.78, 5) is 4.18. The summed E-state index contributed by atoms with van der Waals surface area (Å²) in [6.07, 6.45) is 1.73. The molecule has 0 saturated carbocycles. The Labute approximate surface area is 89.4 Å². The van der Waals surface area contributed by atoms with Crippen LogP contribution in [0, 0.1) is 5.92 Å². The Bertz CT molecular complexity index is 281. The van der Waals surface area contributed by atoms with Gasteiger partial charge < -0.3 is 10.1 Å². The van der Waals surface area contributed by atoms with Gasteiger partial charge in [0, 0.05) is 18.6 Å². The highest BCUT2D eigenvalue weighted by Crippen LogP contribution is 2.20. The first-order valence-electron chi connectivity index (χ1n) is 4.56. The molecule has 1 rings (SSSR count). The molecule has 78 valence electrons. The van der Waals surface area contributed by atoms with Crippen LogP contribution in [0.25, 0.3) is 0 Å². The average molecular weight is 215 g/mol. The number of rotatable bonds is 5. The van der Waals surface area contributed by atoms with Crippen LogP contribution in [-0.2, 0) is 0 Å². The number of alkyl halides is 1. The normalized spacial score (nSPS) is 12.2. The van der Waals surface area contributed by atoms with Crippen LogP contribution in [0.2, 0.25) is 0 Å². The first-order chi connectivity index (χ1) is 6.77. The molecule has 0 amide bonds. The summed E-state index contributed by atoms with van der Waals surface area (Å²) in [6.45, 7) is 2.88. The van der Waals surface area contributed by atoms with Crippen LogP contribution in [0.1, 0.15) is 6.92 Å². The van der Waals surface area contributed by atoms with E-state index in [2.05, 4.69) is 17.2 Å². The Morgan fingerprint density at radius 2 is 2.43 bits per heavy atom. The van der Waals surface area contributed by atoms with E-state index < -0.39 is 0 Å². The molecule has 3 nitrogen and oxygen atoms in total. The van der Waals surface area contributed by atoms with Crippen molar-refractivity contribution in [2.45, 2.75) is 6.92 Å². The van der Waals surface area contributed by atoms with Crippen molar-refractivity contribution < 1.29 is 4.74 Å². The largest absolute Gasteiger partial charge is 0.493 e. The third-order valence-corrected chi connectivity index (χ3v) is 2.40. The van der Waals surface area contributed by atoms with Crippen molar-refractivity contribution >= 4 is 17.4 Å². The molecule has 0 aliphatic heterocycles. The molecule has 14 heavy (non-hydrogen) atoms. The Hall–Kier alpha value is -0.960. The minimum Gasteiger partial charge on any atom is -0.493 e. The molecule has 0 aromatic carbocycles. The molecule has 1 heterocycles. The molecule has 0 aliphatic carbocycles. The van der Waals surface area contributed by atoms with Gasteiger partial charge >= 0.3 is 0 Å². The van der Waals surface area contributed by atoms with Gasteiger partial charge in [0.05, 0.1) is 7.11 Å². The van der Waals surface area contributed by atoms with Gasteiger partial charge in [0.2, 0.25) is 0 Å². The van der Waals surface area contributed by atoms with E-state index >= 15 is 0 Å². The summed E-state index contributed by atoms with van der Waals surface area (Å²) in [5, 5.41) is 3.19. The first kappa shape index (κ1) is 11.1. The van der Waals surface area contributed by atoms with Gasteiger partial charge in [0.25, 0.3) is 0 Å². The number of nitrogens with zero attached hydrogens (tertiary/aromatic N) is 1. The van der Waals surface area contributed by atoms with Crippen LogP contribution in [0.5, 0.6) is 5.75 Å². The Kier molecular flexibility index (Phi) is 4.53. The molecule has 0 bridgehead atoms. The highest BCUT2D eigenvalue weighted by atomic mass is 35.5. The van der Waals surface area contributed by atoms with Gasteiger partial charge in [-0.2, -0.15) is 0 Å². The van der Waals surface area contributed by atoms with Crippen molar-refractivity contribution in [2.75, 3.05) is 24.9 Å². The zero-order valence-electron chi connectivity index (χ0n) is 8.46. The molecule has 1 N–H and O–H groups in total. The molecule has 0 radical (unpaired) electrons. The molecule has 1 aromatic rings. The maximum atomic E-state index is 5.70. The number of nitrogens with one attached hydrogen (secondary N) is 1. The van der Waals surface area contributed by atoms with E-state index in [1.54, 1.807) is 13.3 Å². The number of aromatic nitrogens is 1. The molecule has 0 saturated heterocycles. The zero-order valence-corrected chi connectivity index (χ0v) is 9.21. The van der Waals surface area contributed by atoms with Crippen LogP contribution in [0.4, 0.5) is 5.82 Å². The standard InChI is InChI=1S/C10H15ClN2O/c1-8(6-11)7-13-10-9(14-2)4-3-5-12-10/h3-5,8H,6-7H2,1-2H3,(H,12,13). The van der Waals surface area contributed by atoms with Crippen LogP contribution < -0.4 is 10.1 Å². The Morgan fingerprint density at radius 3 is 3.07 bits per heavy atom. The third-order valence-electron chi connectivity index (χ3n) is 1.87. The molecule has 0 spiro atoms. The number of pyridine rings is 1. The highest BCUT2D eigenvalue weighted by molar-refractivity contribution is 6.18. The molecule has 0 aliphatic rings. The van der Waals surface area contributed by atoms with Crippen molar-refractivity contribution in [3.8, 4) is 5.75 Å². The van der Waals surface area contributed by atoms with Crippen molar-refractivity contribution in [3.05, 3.63) is 18.3 Å². The second kappa shape index (κ2) is 5.70. The lowest BCUT2D eigenvalue weighted by molar-refractivity contribution is 0.414. The molecule has 0 fully saturated rings. The van der Waals surface area contributed by atoms with Crippen molar-refractivity contribution in [2.24, 2.45) is 5.92 Å². The van der Waals surface area contributed by atoms with E-state index in [0.717, 1.165) is 18.1 Å². The first-order valence-corrected chi connectivity index (χ1v) is 5.10. The number of halogens is 1. The average Bonchev–Trinajstić information content (AvgIpc) is 2.26. The smallest absolute Gasteiger partial charge is 0.168 e. The Morgan fingerprint density at radius 1 is 1.64 bits per heavy atom. The van der Waals surface area contributed by atoms with Crippen LogP contribution in [0.15, 0.2) is 18.3 Å². The molecular formula is C10H15ClN2O.